The van der Waals surface area contributed by atoms with Crippen LogP contribution in [0, 0.1) is 0 Å². The van der Waals surface area contributed by atoms with Gasteiger partial charge in [-0.15, -0.1) is 0 Å². The maximum Gasteiger partial charge on any atom is 0.417 e. The lowest BCUT2D eigenvalue weighted by molar-refractivity contribution is -0.0685. The van der Waals surface area contributed by atoms with E-state index < -0.39 is 11.7 Å². The van der Waals surface area contributed by atoms with Crippen molar-refractivity contribution in [2.24, 2.45) is 0 Å². The van der Waals surface area contributed by atoms with Crippen molar-refractivity contribution in [1.82, 2.24) is 5.32 Å². The van der Waals surface area contributed by atoms with Crippen molar-refractivity contribution < 1.29 is 27.4 Å². The third kappa shape index (κ3) is 6.60. The Labute approximate surface area is 191 Å². The Morgan fingerprint density at radius 2 is 1.30 bits per heavy atom. The van der Waals surface area contributed by atoms with Crippen LogP contribution in [0.25, 0.3) is 11.1 Å². The summed E-state index contributed by atoms with van der Waals surface area (Å²) in [5.74, 6) is 1.09. The summed E-state index contributed by atoms with van der Waals surface area (Å²) in [5, 5.41) is 2.98. The number of halogens is 3. The van der Waals surface area contributed by atoms with Crippen LogP contribution in [0.3, 0.4) is 0 Å². The molecule has 0 saturated heterocycles. The van der Waals surface area contributed by atoms with Crippen molar-refractivity contribution >= 4 is 11.1 Å². The van der Waals surface area contributed by atoms with E-state index in [9.17, 15) is 13.2 Å². The standard InChI is InChI=1S/C26H26F3NO3/c1-30-16-17-32-22-12-8-19(9-13-22)24(20-10-14-23(15-11-20)33-18-31-2)25(26(27,28)29)21-6-4-3-5-7-21/h3-15,30H,16-18H2,1-2H3/b25-24+. The first-order valence-electron chi connectivity index (χ1n) is 10.4. The quantitative estimate of drug-likeness (QED) is 0.238. The van der Waals surface area contributed by atoms with E-state index >= 15 is 0 Å². The van der Waals surface area contributed by atoms with Crippen LogP contribution in [0.15, 0.2) is 78.9 Å². The van der Waals surface area contributed by atoms with E-state index in [1.54, 1.807) is 66.7 Å². The van der Waals surface area contributed by atoms with E-state index in [1.165, 1.54) is 19.2 Å². The monoisotopic (exact) mass is 457 g/mol. The topological polar surface area (TPSA) is 39.7 Å². The minimum atomic E-state index is -4.58. The molecule has 0 unspecified atom stereocenters. The van der Waals surface area contributed by atoms with Crippen molar-refractivity contribution in [2.75, 3.05) is 34.1 Å². The molecular formula is C26H26F3NO3. The molecule has 1 N–H and O–H groups in total. The van der Waals surface area contributed by atoms with E-state index in [4.69, 9.17) is 14.2 Å². The molecule has 3 aromatic rings. The maximum atomic E-state index is 14.4. The maximum absolute atomic E-state index is 14.4. The largest absolute Gasteiger partial charge is 0.492 e. The normalized spacial score (nSPS) is 12.3. The number of hydrogen-bond donors (Lipinski definition) is 1. The highest BCUT2D eigenvalue weighted by Gasteiger charge is 2.38. The van der Waals surface area contributed by atoms with Gasteiger partial charge < -0.3 is 19.5 Å². The Bertz CT molecular complexity index is 1030. The van der Waals surface area contributed by atoms with Crippen molar-refractivity contribution in [3.8, 4) is 11.5 Å². The number of likely N-dealkylation sites (N-methyl/N-ethyl adjacent to an activating group) is 1. The molecule has 0 bridgehead atoms. The molecule has 0 heterocycles. The molecule has 174 valence electrons. The highest BCUT2D eigenvalue weighted by atomic mass is 19.4. The van der Waals surface area contributed by atoms with Gasteiger partial charge in [-0.3, -0.25) is 0 Å². The number of ether oxygens (including phenoxy) is 3. The molecule has 0 amide bonds. The summed E-state index contributed by atoms with van der Waals surface area (Å²) in [4.78, 5) is 0. The number of allylic oxidation sites excluding steroid dienone is 1. The number of alkyl halides is 3. The zero-order chi connectivity index (χ0) is 23.7. The fourth-order valence-corrected chi connectivity index (χ4v) is 3.34. The van der Waals surface area contributed by atoms with Crippen LogP contribution >= 0.6 is 0 Å². The molecule has 0 aromatic heterocycles. The number of methoxy groups -OCH3 is 1. The molecule has 33 heavy (non-hydrogen) atoms. The van der Waals surface area contributed by atoms with Crippen molar-refractivity contribution in [3.05, 3.63) is 95.6 Å². The minimum Gasteiger partial charge on any atom is -0.492 e. The molecule has 0 spiro atoms. The Balaban J connectivity index is 2.13. The van der Waals surface area contributed by atoms with Crippen LogP contribution < -0.4 is 14.8 Å². The number of benzene rings is 3. The van der Waals surface area contributed by atoms with E-state index in [-0.39, 0.29) is 17.9 Å². The summed E-state index contributed by atoms with van der Waals surface area (Å²) in [6.07, 6.45) is -4.58. The summed E-state index contributed by atoms with van der Waals surface area (Å²) in [6, 6.07) is 21.0. The molecule has 7 heteroatoms. The van der Waals surface area contributed by atoms with E-state index in [2.05, 4.69) is 5.32 Å². The van der Waals surface area contributed by atoms with Gasteiger partial charge in [0.05, 0.1) is 5.57 Å². The van der Waals surface area contributed by atoms with Gasteiger partial charge in [-0.25, -0.2) is 0 Å². The zero-order valence-corrected chi connectivity index (χ0v) is 18.5. The summed E-state index contributed by atoms with van der Waals surface area (Å²) in [6.45, 7) is 1.17. The van der Waals surface area contributed by atoms with Gasteiger partial charge in [0.1, 0.15) is 18.1 Å². The first-order chi connectivity index (χ1) is 15.9. The van der Waals surface area contributed by atoms with Gasteiger partial charge in [-0.1, -0.05) is 54.6 Å². The lowest BCUT2D eigenvalue weighted by atomic mass is 9.89. The second-order valence-electron chi connectivity index (χ2n) is 7.17. The van der Waals surface area contributed by atoms with E-state index in [1.807, 2.05) is 7.05 Å². The predicted octanol–water partition coefficient (Wildman–Crippen LogP) is 5.79. The van der Waals surface area contributed by atoms with Gasteiger partial charge in [0, 0.05) is 19.2 Å². The first-order valence-corrected chi connectivity index (χ1v) is 10.4. The third-order valence-electron chi connectivity index (χ3n) is 4.85. The van der Waals surface area contributed by atoms with Gasteiger partial charge in [-0.05, 0) is 48.0 Å². The fraction of sp³-hybridized carbons (Fsp3) is 0.231. The van der Waals surface area contributed by atoms with E-state index in [0.717, 1.165) is 0 Å². The van der Waals surface area contributed by atoms with Crippen LogP contribution in [0.1, 0.15) is 16.7 Å². The average molecular weight is 457 g/mol. The first kappa shape index (κ1) is 24.4. The summed E-state index contributed by atoms with van der Waals surface area (Å²) >= 11 is 0. The highest BCUT2D eigenvalue weighted by molar-refractivity contribution is 6.00. The third-order valence-corrected chi connectivity index (χ3v) is 4.85. The SMILES string of the molecule is CNCCOc1ccc(/C(=C(/c2ccccc2)C(F)(F)F)c2ccc(OCOC)cc2)cc1. The minimum absolute atomic E-state index is 0.0505. The Morgan fingerprint density at radius 1 is 0.758 bits per heavy atom. The van der Waals surface area contributed by atoms with Gasteiger partial charge in [0.25, 0.3) is 0 Å². The van der Waals surface area contributed by atoms with Gasteiger partial charge in [0.15, 0.2) is 6.79 Å². The Hall–Kier alpha value is -3.29. The highest BCUT2D eigenvalue weighted by Crippen LogP contribution is 2.43. The molecule has 0 saturated carbocycles. The summed E-state index contributed by atoms with van der Waals surface area (Å²) in [7, 11) is 3.31. The van der Waals surface area contributed by atoms with E-state index in [0.29, 0.717) is 35.8 Å². The molecule has 0 atom stereocenters. The average Bonchev–Trinajstić information content (AvgIpc) is 2.82. The fourth-order valence-electron chi connectivity index (χ4n) is 3.34. The summed E-state index contributed by atoms with van der Waals surface area (Å²) < 4.78 is 59.2. The van der Waals surface area contributed by atoms with Crippen molar-refractivity contribution in [1.29, 1.82) is 0 Å². The Kier molecular flexibility index (Phi) is 8.52. The summed E-state index contributed by atoms with van der Waals surface area (Å²) in [5.41, 5.74) is 0.304. The lowest BCUT2D eigenvalue weighted by Gasteiger charge is -2.20. The Morgan fingerprint density at radius 3 is 1.79 bits per heavy atom. The number of hydrogen-bond acceptors (Lipinski definition) is 4. The van der Waals surface area contributed by atoms with Crippen LogP contribution in [-0.2, 0) is 4.74 Å². The number of nitrogens with one attached hydrogen (secondary N) is 1. The molecule has 0 radical (unpaired) electrons. The van der Waals surface area contributed by atoms with Crippen molar-refractivity contribution in [2.45, 2.75) is 6.18 Å². The smallest absolute Gasteiger partial charge is 0.417 e. The molecule has 3 rings (SSSR count). The molecule has 0 fully saturated rings. The van der Waals surface area contributed by atoms with Gasteiger partial charge >= 0.3 is 6.18 Å². The molecular weight excluding hydrogens is 431 g/mol. The van der Waals surface area contributed by atoms with Gasteiger partial charge in [0.2, 0.25) is 0 Å². The van der Waals surface area contributed by atoms with Gasteiger partial charge in [-0.2, -0.15) is 13.2 Å². The van der Waals surface area contributed by atoms with Crippen molar-refractivity contribution in [3.63, 3.8) is 0 Å². The molecule has 3 aromatic carbocycles. The molecule has 4 nitrogen and oxygen atoms in total. The second kappa shape index (κ2) is 11.5. The second-order valence-corrected chi connectivity index (χ2v) is 7.17. The molecule has 0 aliphatic heterocycles. The van der Waals surface area contributed by atoms with Crippen LogP contribution in [0.4, 0.5) is 13.2 Å². The lowest BCUT2D eigenvalue weighted by Crippen LogP contribution is -2.16. The van der Waals surface area contributed by atoms with Crippen LogP contribution in [0.2, 0.25) is 0 Å². The molecule has 0 aliphatic carbocycles. The zero-order valence-electron chi connectivity index (χ0n) is 18.5. The predicted molar refractivity (Wildman–Crippen MR) is 123 cm³/mol. The van der Waals surface area contributed by atoms with Crippen LogP contribution in [-0.4, -0.2) is 40.3 Å². The van der Waals surface area contributed by atoms with Crippen LogP contribution in [0.5, 0.6) is 11.5 Å². The molecule has 0 aliphatic rings. The number of rotatable bonds is 10.